The van der Waals surface area contributed by atoms with E-state index >= 15 is 0 Å². The first-order valence-corrected chi connectivity index (χ1v) is 11.0. The number of benzene rings is 2. The van der Waals surface area contributed by atoms with Crippen molar-refractivity contribution < 1.29 is 9.59 Å². The molecule has 1 heterocycles. The van der Waals surface area contributed by atoms with E-state index in [4.69, 9.17) is 23.2 Å². The standard InChI is InChI=1S/C19H16Cl2N4O2S2/c1-10-3-4-11(2)15(7-10)22-16(26)9-28-19-25-24-18(29-19)23-17(27)13-6-5-12(20)8-14(13)21/h3-8H,9H2,1-2H3,(H,22,26)(H,23,24,27). The van der Waals surface area contributed by atoms with Crippen molar-refractivity contribution in [3.8, 4) is 0 Å². The first kappa shape index (κ1) is 21.6. The number of hydrogen-bond donors (Lipinski definition) is 2. The molecule has 0 spiro atoms. The second kappa shape index (κ2) is 9.58. The molecule has 0 atom stereocenters. The number of thioether (sulfide) groups is 1. The van der Waals surface area contributed by atoms with Crippen LogP contribution in [0.15, 0.2) is 40.7 Å². The molecule has 0 aliphatic carbocycles. The highest BCUT2D eigenvalue weighted by atomic mass is 35.5. The van der Waals surface area contributed by atoms with E-state index in [0.29, 0.717) is 14.5 Å². The molecule has 0 radical (unpaired) electrons. The number of rotatable bonds is 6. The molecule has 0 fully saturated rings. The number of aromatic nitrogens is 2. The van der Waals surface area contributed by atoms with E-state index in [1.807, 2.05) is 32.0 Å². The molecular formula is C19H16Cl2N4O2S2. The SMILES string of the molecule is Cc1ccc(C)c(NC(=O)CSc2nnc(NC(=O)c3ccc(Cl)cc3Cl)s2)c1. The van der Waals surface area contributed by atoms with Gasteiger partial charge in [-0.1, -0.05) is 58.4 Å². The second-order valence-corrected chi connectivity index (χ2v) is 9.15. The van der Waals surface area contributed by atoms with Crippen molar-refractivity contribution in [2.45, 2.75) is 18.2 Å². The molecule has 2 aromatic carbocycles. The van der Waals surface area contributed by atoms with Crippen LogP contribution in [0.3, 0.4) is 0 Å². The Morgan fingerprint density at radius 1 is 1.07 bits per heavy atom. The molecule has 0 aliphatic heterocycles. The minimum Gasteiger partial charge on any atom is -0.325 e. The van der Waals surface area contributed by atoms with Gasteiger partial charge in [-0.3, -0.25) is 14.9 Å². The van der Waals surface area contributed by atoms with Gasteiger partial charge in [0.25, 0.3) is 5.91 Å². The van der Waals surface area contributed by atoms with Gasteiger partial charge in [0.15, 0.2) is 4.34 Å². The molecule has 0 unspecified atom stereocenters. The summed E-state index contributed by atoms with van der Waals surface area (Å²) in [5.74, 6) is -0.372. The van der Waals surface area contributed by atoms with Crippen LogP contribution in [-0.2, 0) is 4.79 Å². The highest BCUT2D eigenvalue weighted by Crippen LogP contribution is 2.27. The molecule has 0 aliphatic rings. The average Bonchev–Trinajstić information content (AvgIpc) is 3.10. The highest BCUT2D eigenvalue weighted by Gasteiger charge is 2.15. The molecular weight excluding hydrogens is 451 g/mol. The summed E-state index contributed by atoms with van der Waals surface area (Å²) in [6, 6.07) is 10.5. The monoisotopic (exact) mass is 466 g/mol. The lowest BCUT2D eigenvalue weighted by Gasteiger charge is -2.08. The Labute approximate surface area is 186 Å². The van der Waals surface area contributed by atoms with Gasteiger partial charge < -0.3 is 5.32 Å². The van der Waals surface area contributed by atoms with Crippen LogP contribution in [0.1, 0.15) is 21.5 Å². The van der Waals surface area contributed by atoms with Crippen LogP contribution in [0.5, 0.6) is 0 Å². The zero-order chi connectivity index (χ0) is 21.0. The number of nitrogens with zero attached hydrogens (tertiary/aromatic N) is 2. The van der Waals surface area contributed by atoms with Crippen molar-refractivity contribution in [3.63, 3.8) is 0 Å². The molecule has 3 rings (SSSR count). The Kier molecular flexibility index (Phi) is 7.13. The van der Waals surface area contributed by atoms with E-state index in [0.717, 1.165) is 16.8 Å². The number of anilines is 2. The maximum atomic E-state index is 12.3. The number of carbonyl (C=O) groups excluding carboxylic acids is 2. The molecule has 150 valence electrons. The average molecular weight is 467 g/mol. The Morgan fingerprint density at radius 3 is 2.62 bits per heavy atom. The van der Waals surface area contributed by atoms with E-state index in [1.54, 1.807) is 6.07 Å². The zero-order valence-electron chi connectivity index (χ0n) is 15.5. The van der Waals surface area contributed by atoms with E-state index in [2.05, 4.69) is 20.8 Å². The predicted molar refractivity (Wildman–Crippen MR) is 120 cm³/mol. The molecule has 10 heteroatoms. The van der Waals surface area contributed by atoms with Crippen LogP contribution in [0, 0.1) is 13.8 Å². The summed E-state index contributed by atoms with van der Waals surface area (Å²) in [7, 11) is 0. The lowest BCUT2D eigenvalue weighted by Crippen LogP contribution is -2.14. The third-order valence-electron chi connectivity index (χ3n) is 3.80. The molecule has 2 amide bonds. The largest absolute Gasteiger partial charge is 0.325 e. The minimum atomic E-state index is -0.410. The van der Waals surface area contributed by atoms with Gasteiger partial charge >= 0.3 is 0 Å². The fraction of sp³-hybridized carbons (Fsp3) is 0.158. The van der Waals surface area contributed by atoms with Crippen LogP contribution < -0.4 is 10.6 Å². The summed E-state index contributed by atoms with van der Waals surface area (Å²) in [6.45, 7) is 3.91. The normalized spacial score (nSPS) is 10.6. The van der Waals surface area contributed by atoms with Crippen molar-refractivity contribution in [1.29, 1.82) is 0 Å². The van der Waals surface area contributed by atoms with Gasteiger partial charge in [-0.2, -0.15) is 0 Å². The maximum absolute atomic E-state index is 12.3. The number of halogens is 2. The number of amides is 2. The van der Waals surface area contributed by atoms with Crippen LogP contribution >= 0.6 is 46.3 Å². The first-order valence-electron chi connectivity index (χ1n) is 8.41. The smallest absolute Gasteiger partial charge is 0.259 e. The van der Waals surface area contributed by atoms with Crippen LogP contribution in [0.2, 0.25) is 10.0 Å². The second-order valence-electron chi connectivity index (χ2n) is 6.11. The molecule has 2 N–H and O–H groups in total. The van der Waals surface area contributed by atoms with Crippen molar-refractivity contribution in [1.82, 2.24) is 10.2 Å². The maximum Gasteiger partial charge on any atom is 0.259 e. The molecule has 0 saturated carbocycles. The van der Waals surface area contributed by atoms with E-state index in [1.165, 1.54) is 35.2 Å². The van der Waals surface area contributed by atoms with Gasteiger partial charge in [0.1, 0.15) is 0 Å². The van der Waals surface area contributed by atoms with Crippen molar-refractivity contribution in [2.75, 3.05) is 16.4 Å². The summed E-state index contributed by atoms with van der Waals surface area (Å²) >= 11 is 14.3. The molecule has 1 aromatic heterocycles. The van der Waals surface area contributed by atoms with Gasteiger partial charge in [0.2, 0.25) is 11.0 Å². The topological polar surface area (TPSA) is 84.0 Å². The molecule has 6 nitrogen and oxygen atoms in total. The molecule has 0 saturated heterocycles. The van der Waals surface area contributed by atoms with Crippen molar-refractivity contribution >= 4 is 68.9 Å². The number of carbonyl (C=O) groups is 2. The van der Waals surface area contributed by atoms with Gasteiger partial charge in [-0.15, -0.1) is 10.2 Å². The molecule has 3 aromatic rings. The zero-order valence-corrected chi connectivity index (χ0v) is 18.6. The van der Waals surface area contributed by atoms with E-state index in [-0.39, 0.29) is 22.2 Å². The Bertz CT molecular complexity index is 1070. The highest BCUT2D eigenvalue weighted by molar-refractivity contribution is 8.01. The number of hydrogen-bond acceptors (Lipinski definition) is 6. The summed E-state index contributed by atoms with van der Waals surface area (Å²) in [4.78, 5) is 24.5. The molecule has 29 heavy (non-hydrogen) atoms. The van der Waals surface area contributed by atoms with Crippen LogP contribution in [-0.4, -0.2) is 27.8 Å². The van der Waals surface area contributed by atoms with E-state index in [9.17, 15) is 9.59 Å². The first-order chi connectivity index (χ1) is 13.8. The summed E-state index contributed by atoms with van der Waals surface area (Å²) in [5.41, 5.74) is 3.15. The Balaban J connectivity index is 1.55. The van der Waals surface area contributed by atoms with Gasteiger partial charge in [0, 0.05) is 10.7 Å². The van der Waals surface area contributed by atoms with Gasteiger partial charge in [0.05, 0.1) is 16.3 Å². The van der Waals surface area contributed by atoms with Crippen molar-refractivity contribution in [3.05, 3.63) is 63.1 Å². The predicted octanol–water partition coefficient (Wildman–Crippen LogP) is 5.44. The van der Waals surface area contributed by atoms with Crippen molar-refractivity contribution in [2.24, 2.45) is 0 Å². The van der Waals surface area contributed by atoms with Gasteiger partial charge in [-0.25, -0.2) is 0 Å². The number of aryl methyl sites for hydroxylation is 2. The van der Waals surface area contributed by atoms with Crippen LogP contribution in [0.25, 0.3) is 0 Å². The Morgan fingerprint density at radius 2 is 1.86 bits per heavy atom. The lowest BCUT2D eigenvalue weighted by molar-refractivity contribution is -0.113. The van der Waals surface area contributed by atoms with E-state index < -0.39 is 5.91 Å². The number of nitrogens with one attached hydrogen (secondary N) is 2. The minimum absolute atomic E-state index is 0.141. The summed E-state index contributed by atoms with van der Waals surface area (Å²) < 4.78 is 0.568. The third-order valence-corrected chi connectivity index (χ3v) is 6.32. The summed E-state index contributed by atoms with van der Waals surface area (Å²) in [6.07, 6.45) is 0. The fourth-order valence-electron chi connectivity index (χ4n) is 2.34. The lowest BCUT2D eigenvalue weighted by atomic mass is 10.1. The Hall–Kier alpha value is -2.13. The fourth-order valence-corrected chi connectivity index (χ4v) is 4.38. The summed E-state index contributed by atoms with van der Waals surface area (Å²) in [5, 5.41) is 14.5. The quantitative estimate of drug-likeness (QED) is 0.372. The van der Waals surface area contributed by atoms with Crippen LogP contribution in [0.4, 0.5) is 10.8 Å². The third kappa shape index (κ3) is 5.93. The van der Waals surface area contributed by atoms with Gasteiger partial charge in [-0.05, 0) is 49.2 Å². The molecule has 0 bridgehead atoms.